The van der Waals surface area contributed by atoms with Crippen LogP contribution in [0.1, 0.15) is 30.9 Å². The molecular formula is C21H29O5PS2. The van der Waals surface area contributed by atoms with Crippen molar-refractivity contribution in [3.05, 3.63) is 47.5 Å². The molecule has 2 atom stereocenters. The van der Waals surface area contributed by atoms with Crippen molar-refractivity contribution in [3.8, 4) is 0 Å². The Bertz CT molecular complexity index is 858. The van der Waals surface area contributed by atoms with Crippen molar-refractivity contribution in [1.82, 2.24) is 0 Å². The fourth-order valence-electron chi connectivity index (χ4n) is 2.72. The Morgan fingerprint density at radius 3 is 2.41 bits per heavy atom. The van der Waals surface area contributed by atoms with E-state index in [1.165, 1.54) is 17.6 Å². The predicted octanol–water partition coefficient (Wildman–Crippen LogP) is 6.05. The molecule has 0 aromatic heterocycles. The van der Waals surface area contributed by atoms with Crippen molar-refractivity contribution in [1.29, 1.82) is 0 Å². The summed E-state index contributed by atoms with van der Waals surface area (Å²) in [6, 6.07) is 12.4. The number of aryl methyl sites for hydroxylation is 1. The molecule has 0 aliphatic rings. The highest BCUT2D eigenvalue weighted by atomic mass is 33.1. The highest BCUT2D eigenvalue weighted by Gasteiger charge is 2.17. The number of carbonyl (C=O) groups excluding carboxylic acids is 1. The van der Waals surface area contributed by atoms with Crippen LogP contribution >= 0.6 is 29.2 Å². The largest absolute Gasteiger partial charge is 0.464 e. The van der Waals surface area contributed by atoms with Crippen LogP contribution in [0.2, 0.25) is 0 Å². The van der Waals surface area contributed by atoms with Gasteiger partial charge in [-0.1, -0.05) is 63.5 Å². The maximum Gasteiger partial charge on any atom is 0.327 e. The number of ether oxygens (including phenoxy) is 1. The normalized spacial score (nSPS) is 14.5. The zero-order valence-electron chi connectivity index (χ0n) is 17.4. The topological polar surface area (TPSA) is 61.8 Å². The Morgan fingerprint density at radius 2 is 1.69 bits per heavy atom. The number of hydrogen-bond acceptors (Lipinski definition) is 7. The minimum absolute atomic E-state index is 0.214. The van der Waals surface area contributed by atoms with Crippen molar-refractivity contribution >= 4 is 45.9 Å². The lowest BCUT2D eigenvalue weighted by Gasteiger charge is -2.13. The molecule has 2 rings (SSSR count). The molecule has 0 fully saturated rings. The molecule has 0 heterocycles. The molecule has 29 heavy (non-hydrogen) atoms. The predicted molar refractivity (Wildman–Crippen MR) is 124 cm³/mol. The molecule has 0 amide bonds. The molecule has 2 unspecified atom stereocenters. The molecule has 160 valence electrons. The maximum atomic E-state index is 12.3. The van der Waals surface area contributed by atoms with Gasteiger partial charge in [0.2, 0.25) is 0 Å². The van der Waals surface area contributed by atoms with Crippen molar-refractivity contribution in [2.24, 2.45) is 0 Å². The minimum Gasteiger partial charge on any atom is -0.464 e. The first-order valence-corrected chi connectivity index (χ1v) is 14.1. The van der Waals surface area contributed by atoms with Gasteiger partial charge in [-0.25, -0.2) is 0 Å². The number of hydrogen-bond donors (Lipinski definition) is 0. The number of fused-ring (bicyclic) bond motifs is 1. The van der Waals surface area contributed by atoms with Crippen LogP contribution in [0.4, 0.5) is 0 Å². The fraction of sp³-hybridized carbons (Fsp3) is 0.476. The van der Waals surface area contributed by atoms with Crippen LogP contribution in [0.3, 0.4) is 0 Å². The maximum absolute atomic E-state index is 12.3. The van der Waals surface area contributed by atoms with Crippen LogP contribution in [0.15, 0.2) is 36.4 Å². The van der Waals surface area contributed by atoms with Gasteiger partial charge in [0.1, 0.15) is 6.61 Å². The molecule has 0 saturated carbocycles. The first-order chi connectivity index (χ1) is 13.8. The van der Waals surface area contributed by atoms with E-state index in [0.29, 0.717) is 31.3 Å². The Morgan fingerprint density at radius 1 is 1.03 bits per heavy atom. The molecule has 5 nitrogen and oxygen atoms in total. The third-order valence-electron chi connectivity index (χ3n) is 4.22. The standard InChI is InChI=1S/C21H29O5PS2/c1-5-25-27(4,23)26-11-13-29-28-12-10-24-21(22)17(3)18-8-9-19-14-16(2)6-7-20(19)15-18/h6-9,14-15,17H,5,10-13H2,1-4H3. The van der Waals surface area contributed by atoms with Gasteiger partial charge in [0.25, 0.3) is 0 Å². The summed E-state index contributed by atoms with van der Waals surface area (Å²) in [7, 11) is 0.276. The summed E-state index contributed by atoms with van der Waals surface area (Å²) >= 11 is 0. The lowest BCUT2D eigenvalue weighted by Crippen LogP contribution is -2.14. The molecular weight excluding hydrogens is 427 g/mol. The first-order valence-electron chi connectivity index (χ1n) is 9.60. The Kier molecular flexibility index (Phi) is 10.1. The summed E-state index contributed by atoms with van der Waals surface area (Å²) in [5.41, 5.74) is 2.18. The van der Waals surface area contributed by atoms with Gasteiger partial charge in [-0.2, -0.15) is 0 Å². The van der Waals surface area contributed by atoms with Gasteiger partial charge in [0.05, 0.1) is 19.1 Å². The summed E-state index contributed by atoms with van der Waals surface area (Å²) in [6.45, 7) is 8.30. The second-order valence-corrected chi connectivity index (χ2v) is 11.4. The molecule has 0 bridgehead atoms. The van der Waals surface area contributed by atoms with E-state index < -0.39 is 7.60 Å². The first kappa shape index (κ1) is 24.3. The van der Waals surface area contributed by atoms with Crippen LogP contribution in [0.25, 0.3) is 10.8 Å². The van der Waals surface area contributed by atoms with Gasteiger partial charge in [-0.15, -0.1) is 0 Å². The quantitative estimate of drug-likeness (QED) is 0.167. The van der Waals surface area contributed by atoms with E-state index in [4.69, 9.17) is 13.8 Å². The van der Waals surface area contributed by atoms with E-state index in [1.807, 2.05) is 13.0 Å². The van der Waals surface area contributed by atoms with Crippen LogP contribution in [0.5, 0.6) is 0 Å². The van der Waals surface area contributed by atoms with Crippen LogP contribution in [0, 0.1) is 6.92 Å². The summed E-state index contributed by atoms with van der Waals surface area (Å²) in [5, 5.41) is 2.30. The van der Waals surface area contributed by atoms with E-state index in [9.17, 15) is 9.36 Å². The average Bonchev–Trinajstić information content (AvgIpc) is 2.68. The molecule has 2 aromatic carbocycles. The summed E-state index contributed by atoms with van der Waals surface area (Å²) < 4.78 is 27.5. The second-order valence-electron chi connectivity index (χ2n) is 6.67. The molecule has 0 radical (unpaired) electrons. The summed E-state index contributed by atoms with van der Waals surface area (Å²) in [5.74, 6) is 0.865. The van der Waals surface area contributed by atoms with Gasteiger partial charge in [-0.05, 0) is 37.1 Å². The van der Waals surface area contributed by atoms with Gasteiger partial charge >= 0.3 is 13.6 Å². The Labute approximate surface area is 181 Å². The molecule has 0 spiro atoms. The molecule has 0 aliphatic carbocycles. The van der Waals surface area contributed by atoms with Gasteiger partial charge in [-0.3, -0.25) is 9.36 Å². The lowest BCUT2D eigenvalue weighted by molar-refractivity contribution is -0.144. The van der Waals surface area contributed by atoms with E-state index in [0.717, 1.165) is 10.9 Å². The third kappa shape index (κ3) is 8.35. The van der Waals surface area contributed by atoms with Crippen molar-refractivity contribution in [2.45, 2.75) is 26.7 Å². The highest BCUT2D eigenvalue weighted by Crippen LogP contribution is 2.43. The molecule has 0 saturated heterocycles. The van der Waals surface area contributed by atoms with Crippen LogP contribution < -0.4 is 0 Å². The number of benzene rings is 2. The summed E-state index contributed by atoms with van der Waals surface area (Å²) in [4.78, 5) is 12.3. The number of esters is 1. The lowest BCUT2D eigenvalue weighted by atomic mass is 9.97. The molecule has 0 aliphatic heterocycles. The van der Waals surface area contributed by atoms with E-state index in [2.05, 4.69) is 37.3 Å². The fourth-order valence-corrected chi connectivity index (χ4v) is 5.46. The third-order valence-corrected chi connectivity index (χ3v) is 7.94. The zero-order chi connectivity index (χ0) is 21.3. The van der Waals surface area contributed by atoms with Crippen LogP contribution in [-0.4, -0.2) is 44.0 Å². The molecule has 8 heteroatoms. The highest BCUT2D eigenvalue weighted by molar-refractivity contribution is 8.76. The average molecular weight is 457 g/mol. The smallest absolute Gasteiger partial charge is 0.327 e. The number of rotatable bonds is 12. The Balaban J connectivity index is 1.66. The molecule has 2 aromatic rings. The Hall–Kier alpha value is -0.980. The van der Waals surface area contributed by atoms with Gasteiger partial charge in [0.15, 0.2) is 0 Å². The SMILES string of the molecule is CCOP(C)(=O)OCCSSCCOC(=O)C(C)c1ccc2cc(C)ccc2c1. The minimum atomic E-state index is -2.92. The van der Waals surface area contributed by atoms with Gasteiger partial charge in [0, 0.05) is 18.2 Å². The molecule has 0 N–H and O–H groups in total. The second kappa shape index (κ2) is 12.0. The van der Waals surface area contributed by atoms with Gasteiger partial charge < -0.3 is 13.8 Å². The number of carbonyl (C=O) groups is 1. The van der Waals surface area contributed by atoms with Crippen molar-refractivity contribution < 1.29 is 23.1 Å². The van der Waals surface area contributed by atoms with Crippen LogP contribution in [-0.2, 0) is 23.1 Å². The summed E-state index contributed by atoms with van der Waals surface area (Å²) in [6.07, 6.45) is 0. The van der Waals surface area contributed by atoms with Crippen molar-refractivity contribution in [2.75, 3.05) is 38.0 Å². The zero-order valence-corrected chi connectivity index (χ0v) is 19.9. The van der Waals surface area contributed by atoms with E-state index >= 15 is 0 Å². The van der Waals surface area contributed by atoms with E-state index in [1.54, 1.807) is 28.5 Å². The van der Waals surface area contributed by atoms with E-state index in [-0.39, 0.29) is 11.9 Å². The monoisotopic (exact) mass is 456 g/mol. The van der Waals surface area contributed by atoms with Crippen molar-refractivity contribution in [3.63, 3.8) is 0 Å².